The lowest BCUT2D eigenvalue weighted by atomic mass is 9.91. The molecule has 0 aliphatic heterocycles. The third-order valence-electron chi connectivity index (χ3n) is 2.94. The number of aromatic nitrogens is 1. The normalized spacial score (nSPS) is 12.0. The van der Waals surface area contributed by atoms with Crippen LogP contribution in [0.15, 0.2) is 12.1 Å². The van der Waals surface area contributed by atoms with Gasteiger partial charge in [-0.2, -0.15) is 0 Å². The molecule has 0 amide bonds. The van der Waals surface area contributed by atoms with E-state index in [1.165, 1.54) is 5.56 Å². The summed E-state index contributed by atoms with van der Waals surface area (Å²) in [6, 6.07) is 4.13. The molecule has 4 heteroatoms. The number of rotatable bonds is 8. The second kappa shape index (κ2) is 8.35. The molecule has 120 valence electrons. The standard InChI is InChI=1S/C17H30N2O2/c1-13(2)12-20-7-8-21-16-10-14(11-18-6)9-15(19-16)17(3,4)5/h9-10,13,18H,7-8,11-12H2,1-6H3. The van der Waals surface area contributed by atoms with Crippen LogP contribution in [0.5, 0.6) is 5.88 Å². The Morgan fingerprint density at radius 1 is 1.19 bits per heavy atom. The van der Waals surface area contributed by atoms with Crippen molar-refractivity contribution in [1.29, 1.82) is 0 Å². The van der Waals surface area contributed by atoms with Gasteiger partial charge in [-0.25, -0.2) is 4.98 Å². The molecule has 21 heavy (non-hydrogen) atoms. The summed E-state index contributed by atoms with van der Waals surface area (Å²) in [7, 11) is 1.94. The highest BCUT2D eigenvalue weighted by molar-refractivity contribution is 5.28. The molecular formula is C17H30N2O2. The fraction of sp³-hybridized carbons (Fsp3) is 0.706. The van der Waals surface area contributed by atoms with Crippen LogP contribution in [0, 0.1) is 5.92 Å². The molecule has 0 aliphatic rings. The van der Waals surface area contributed by atoms with Crippen LogP contribution in [-0.2, 0) is 16.7 Å². The molecule has 0 unspecified atom stereocenters. The highest BCUT2D eigenvalue weighted by Gasteiger charge is 2.17. The van der Waals surface area contributed by atoms with Crippen LogP contribution < -0.4 is 10.1 Å². The second-order valence-corrected chi connectivity index (χ2v) is 6.80. The van der Waals surface area contributed by atoms with Gasteiger partial charge >= 0.3 is 0 Å². The van der Waals surface area contributed by atoms with Crippen molar-refractivity contribution in [3.8, 4) is 5.88 Å². The molecule has 1 rings (SSSR count). The fourth-order valence-corrected chi connectivity index (χ4v) is 1.85. The molecule has 0 bridgehead atoms. The monoisotopic (exact) mass is 294 g/mol. The van der Waals surface area contributed by atoms with Gasteiger partial charge in [0.1, 0.15) is 6.61 Å². The molecule has 4 nitrogen and oxygen atoms in total. The van der Waals surface area contributed by atoms with Gasteiger partial charge < -0.3 is 14.8 Å². The molecule has 0 saturated carbocycles. The van der Waals surface area contributed by atoms with E-state index in [1.54, 1.807) is 0 Å². The zero-order chi connectivity index (χ0) is 15.9. The minimum Gasteiger partial charge on any atom is -0.475 e. The van der Waals surface area contributed by atoms with Crippen molar-refractivity contribution in [1.82, 2.24) is 10.3 Å². The topological polar surface area (TPSA) is 43.4 Å². The van der Waals surface area contributed by atoms with Crippen LogP contribution in [0.2, 0.25) is 0 Å². The van der Waals surface area contributed by atoms with Gasteiger partial charge in [0, 0.05) is 24.6 Å². The van der Waals surface area contributed by atoms with Crippen LogP contribution >= 0.6 is 0 Å². The molecule has 1 aromatic heterocycles. The van der Waals surface area contributed by atoms with Crippen molar-refractivity contribution in [2.24, 2.45) is 5.92 Å². The summed E-state index contributed by atoms with van der Waals surface area (Å²) in [6.45, 7) is 13.5. The van der Waals surface area contributed by atoms with E-state index in [4.69, 9.17) is 9.47 Å². The molecule has 0 fully saturated rings. The van der Waals surface area contributed by atoms with Gasteiger partial charge in [-0.3, -0.25) is 0 Å². The zero-order valence-electron chi connectivity index (χ0n) is 14.3. The van der Waals surface area contributed by atoms with E-state index in [1.807, 2.05) is 13.1 Å². The molecule has 0 radical (unpaired) electrons. The Labute approximate surface area is 129 Å². The van der Waals surface area contributed by atoms with Gasteiger partial charge in [-0.15, -0.1) is 0 Å². The third kappa shape index (κ3) is 6.91. The quantitative estimate of drug-likeness (QED) is 0.748. The summed E-state index contributed by atoms with van der Waals surface area (Å²) in [5.41, 5.74) is 2.25. The van der Waals surface area contributed by atoms with E-state index in [9.17, 15) is 0 Å². The van der Waals surface area contributed by atoms with Crippen molar-refractivity contribution in [3.05, 3.63) is 23.4 Å². The summed E-state index contributed by atoms with van der Waals surface area (Å²) >= 11 is 0. The summed E-state index contributed by atoms with van der Waals surface area (Å²) in [4.78, 5) is 4.61. The van der Waals surface area contributed by atoms with Crippen LogP contribution in [0.4, 0.5) is 0 Å². The smallest absolute Gasteiger partial charge is 0.213 e. The van der Waals surface area contributed by atoms with E-state index in [-0.39, 0.29) is 5.41 Å². The van der Waals surface area contributed by atoms with Gasteiger partial charge in [0.25, 0.3) is 0 Å². The van der Waals surface area contributed by atoms with Crippen molar-refractivity contribution >= 4 is 0 Å². The maximum atomic E-state index is 5.75. The van der Waals surface area contributed by atoms with Gasteiger partial charge in [0.2, 0.25) is 5.88 Å². The number of pyridine rings is 1. The average Bonchev–Trinajstić information content (AvgIpc) is 2.37. The third-order valence-corrected chi connectivity index (χ3v) is 2.94. The molecule has 1 heterocycles. The lowest BCUT2D eigenvalue weighted by molar-refractivity contribution is 0.0805. The summed E-state index contributed by atoms with van der Waals surface area (Å²) in [5, 5.41) is 3.17. The minimum absolute atomic E-state index is 0.00992. The first-order valence-electron chi connectivity index (χ1n) is 7.69. The highest BCUT2D eigenvalue weighted by atomic mass is 16.5. The fourth-order valence-electron chi connectivity index (χ4n) is 1.85. The van der Waals surface area contributed by atoms with Gasteiger partial charge in [0.05, 0.1) is 12.3 Å². The lowest BCUT2D eigenvalue weighted by Gasteiger charge is -2.20. The van der Waals surface area contributed by atoms with Crippen LogP contribution in [0.1, 0.15) is 45.9 Å². The highest BCUT2D eigenvalue weighted by Crippen LogP contribution is 2.24. The van der Waals surface area contributed by atoms with Crippen molar-refractivity contribution in [2.45, 2.75) is 46.6 Å². The predicted molar refractivity (Wildman–Crippen MR) is 86.9 cm³/mol. The molecule has 1 aromatic rings. The maximum Gasteiger partial charge on any atom is 0.213 e. The van der Waals surface area contributed by atoms with Crippen LogP contribution in [0.3, 0.4) is 0 Å². The first kappa shape index (κ1) is 17.9. The van der Waals surface area contributed by atoms with E-state index in [0.29, 0.717) is 25.0 Å². The van der Waals surface area contributed by atoms with Crippen molar-refractivity contribution in [3.63, 3.8) is 0 Å². The molecule has 0 atom stereocenters. The predicted octanol–water partition coefficient (Wildman–Crippen LogP) is 3.15. The maximum absolute atomic E-state index is 5.75. The number of ether oxygens (including phenoxy) is 2. The molecule has 0 saturated heterocycles. The van der Waals surface area contributed by atoms with E-state index >= 15 is 0 Å². The molecule has 1 N–H and O–H groups in total. The summed E-state index contributed by atoms with van der Waals surface area (Å²) in [6.07, 6.45) is 0. The van der Waals surface area contributed by atoms with Crippen LogP contribution in [0.25, 0.3) is 0 Å². The Morgan fingerprint density at radius 2 is 1.90 bits per heavy atom. The molecule has 0 aliphatic carbocycles. The van der Waals surface area contributed by atoms with E-state index in [0.717, 1.165) is 18.8 Å². The lowest BCUT2D eigenvalue weighted by Crippen LogP contribution is -2.17. The second-order valence-electron chi connectivity index (χ2n) is 6.80. The Hall–Kier alpha value is -1.13. The Kier molecular flexibility index (Phi) is 7.12. The number of nitrogens with zero attached hydrogens (tertiary/aromatic N) is 1. The SMILES string of the molecule is CNCc1cc(OCCOCC(C)C)nc(C(C)(C)C)c1. The van der Waals surface area contributed by atoms with Gasteiger partial charge in [-0.1, -0.05) is 34.6 Å². The average molecular weight is 294 g/mol. The van der Waals surface area contributed by atoms with Crippen molar-refractivity contribution in [2.75, 3.05) is 26.9 Å². The number of nitrogens with one attached hydrogen (secondary N) is 1. The molecule has 0 spiro atoms. The number of hydrogen-bond acceptors (Lipinski definition) is 4. The Bertz CT molecular complexity index is 425. The first-order chi connectivity index (χ1) is 9.82. The van der Waals surface area contributed by atoms with Gasteiger partial charge in [0.15, 0.2) is 0 Å². The first-order valence-corrected chi connectivity index (χ1v) is 7.69. The largest absolute Gasteiger partial charge is 0.475 e. The van der Waals surface area contributed by atoms with Crippen LogP contribution in [-0.4, -0.2) is 31.9 Å². The van der Waals surface area contributed by atoms with Gasteiger partial charge in [-0.05, 0) is 24.6 Å². The Morgan fingerprint density at radius 3 is 2.48 bits per heavy atom. The molecule has 0 aromatic carbocycles. The summed E-state index contributed by atoms with van der Waals surface area (Å²) < 4.78 is 11.3. The summed E-state index contributed by atoms with van der Waals surface area (Å²) in [5.74, 6) is 1.23. The van der Waals surface area contributed by atoms with E-state index < -0.39 is 0 Å². The molecular weight excluding hydrogens is 264 g/mol. The zero-order valence-corrected chi connectivity index (χ0v) is 14.3. The number of hydrogen-bond donors (Lipinski definition) is 1. The minimum atomic E-state index is 0.00992. The Balaban J connectivity index is 2.65. The van der Waals surface area contributed by atoms with E-state index in [2.05, 4.69) is 51.0 Å². The van der Waals surface area contributed by atoms with Crippen molar-refractivity contribution < 1.29 is 9.47 Å².